The molecular formula is C15H16ClF4NO4. The molecule has 0 saturated carbocycles. The van der Waals surface area contributed by atoms with Crippen LogP contribution in [0.1, 0.15) is 24.2 Å². The number of nitrogens with zero attached hydrogens (tertiary/aromatic N) is 1. The zero-order valence-corrected chi connectivity index (χ0v) is 14.2. The SMILES string of the molecule is CCOC(=O)CN(Cl)c1ccc(OCC(F)(F)C(F)F)cc1C(C)=O. The third kappa shape index (κ3) is 6.08. The minimum Gasteiger partial charge on any atom is -0.487 e. The van der Waals surface area contributed by atoms with Gasteiger partial charge >= 0.3 is 18.3 Å². The van der Waals surface area contributed by atoms with E-state index in [0.717, 1.165) is 10.5 Å². The van der Waals surface area contributed by atoms with Gasteiger partial charge in [0.2, 0.25) is 0 Å². The Bertz CT molecular complexity index is 628. The highest BCUT2D eigenvalue weighted by Gasteiger charge is 2.41. The number of alkyl halides is 4. The van der Waals surface area contributed by atoms with Crippen LogP contribution in [0.2, 0.25) is 0 Å². The number of hydrogen-bond acceptors (Lipinski definition) is 5. The van der Waals surface area contributed by atoms with Gasteiger partial charge in [-0.2, -0.15) is 8.78 Å². The van der Waals surface area contributed by atoms with Crippen molar-refractivity contribution in [3.05, 3.63) is 23.8 Å². The van der Waals surface area contributed by atoms with E-state index in [-0.39, 0.29) is 30.2 Å². The summed E-state index contributed by atoms with van der Waals surface area (Å²) in [5, 5.41) is 0. The first-order chi connectivity index (χ1) is 11.6. The molecule has 10 heteroatoms. The first kappa shape index (κ1) is 21.0. The van der Waals surface area contributed by atoms with Gasteiger partial charge in [-0.25, -0.2) is 8.78 Å². The molecule has 0 atom stereocenters. The van der Waals surface area contributed by atoms with Crippen molar-refractivity contribution in [2.75, 3.05) is 24.2 Å². The highest BCUT2D eigenvalue weighted by molar-refractivity contribution is 6.28. The van der Waals surface area contributed by atoms with Gasteiger partial charge in [-0.05, 0) is 32.0 Å². The standard InChI is InChI=1S/C15H16ClF4NO4/c1-3-24-13(23)7-21(16)12-5-4-10(6-11(12)9(2)22)25-8-15(19,20)14(17)18/h4-6,14H,3,7-8H2,1-2H3. The van der Waals surface area contributed by atoms with Gasteiger partial charge in [-0.1, -0.05) is 0 Å². The third-order valence-electron chi connectivity index (χ3n) is 2.93. The predicted molar refractivity (Wildman–Crippen MR) is 82.7 cm³/mol. The molecule has 0 aliphatic rings. The lowest BCUT2D eigenvalue weighted by atomic mass is 10.1. The summed E-state index contributed by atoms with van der Waals surface area (Å²) in [6.45, 7) is 1.03. The van der Waals surface area contributed by atoms with Gasteiger partial charge in [0.25, 0.3) is 0 Å². The molecule has 0 fully saturated rings. The Morgan fingerprint density at radius 1 is 1.32 bits per heavy atom. The highest BCUT2D eigenvalue weighted by atomic mass is 35.5. The van der Waals surface area contributed by atoms with Gasteiger partial charge in [0.1, 0.15) is 12.3 Å². The molecule has 1 aromatic carbocycles. The molecule has 1 rings (SSSR count). The number of ketones is 1. The van der Waals surface area contributed by atoms with Crippen LogP contribution in [0.15, 0.2) is 18.2 Å². The number of rotatable bonds is 9. The minimum atomic E-state index is -4.32. The van der Waals surface area contributed by atoms with Crippen molar-refractivity contribution in [2.24, 2.45) is 0 Å². The molecule has 0 unspecified atom stereocenters. The molecule has 140 valence electrons. The number of carbonyl (C=O) groups excluding carboxylic acids is 2. The van der Waals surface area contributed by atoms with Crippen molar-refractivity contribution in [3.8, 4) is 5.75 Å². The van der Waals surface area contributed by atoms with Crippen LogP contribution in [-0.4, -0.2) is 43.9 Å². The summed E-state index contributed by atoms with van der Waals surface area (Å²) >= 11 is 5.95. The second kappa shape index (κ2) is 8.89. The predicted octanol–water partition coefficient (Wildman–Crippen LogP) is 3.69. The topological polar surface area (TPSA) is 55.8 Å². The van der Waals surface area contributed by atoms with E-state index >= 15 is 0 Å². The second-order valence-corrected chi connectivity index (χ2v) is 5.32. The van der Waals surface area contributed by atoms with E-state index in [9.17, 15) is 27.2 Å². The Labute approximate surface area is 146 Å². The van der Waals surface area contributed by atoms with Crippen LogP contribution in [0.5, 0.6) is 5.75 Å². The van der Waals surface area contributed by atoms with E-state index in [1.807, 2.05) is 0 Å². The Morgan fingerprint density at radius 3 is 2.48 bits per heavy atom. The van der Waals surface area contributed by atoms with Gasteiger partial charge in [0.15, 0.2) is 12.4 Å². The summed E-state index contributed by atoms with van der Waals surface area (Å²) in [4.78, 5) is 23.2. The summed E-state index contributed by atoms with van der Waals surface area (Å²) in [6, 6.07) is 3.50. The summed E-state index contributed by atoms with van der Waals surface area (Å²) < 4.78 is 60.3. The molecule has 0 amide bonds. The number of halogens is 5. The zero-order chi connectivity index (χ0) is 19.2. The summed E-state index contributed by atoms with van der Waals surface area (Å²) in [6.07, 6.45) is -3.87. The molecule has 1 aromatic rings. The maximum Gasteiger partial charge on any atom is 0.340 e. The minimum absolute atomic E-state index is 0.0304. The lowest BCUT2D eigenvalue weighted by molar-refractivity contribution is -0.148. The van der Waals surface area contributed by atoms with Gasteiger partial charge in [-0.15, -0.1) is 0 Å². The van der Waals surface area contributed by atoms with Crippen LogP contribution >= 0.6 is 11.8 Å². The van der Waals surface area contributed by atoms with Crippen LogP contribution < -0.4 is 9.16 Å². The summed E-state index contributed by atoms with van der Waals surface area (Å²) in [7, 11) is 0. The molecule has 0 saturated heterocycles. The van der Waals surface area contributed by atoms with Crippen molar-refractivity contribution in [1.82, 2.24) is 0 Å². The van der Waals surface area contributed by atoms with Gasteiger partial charge in [0, 0.05) is 17.3 Å². The van der Waals surface area contributed by atoms with Crippen LogP contribution in [0.25, 0.3) is 0 Å². The van der Waals surface area contributed by atoms with E-state index in [0.29, 0.717) is 0 Å². The monoisotopic (exact) mass is 385 g/mol. The number of ether oxygens (including phenoxy) is 2. The zero-order valence-electron chi connectivity index (χ0n) is 13.4. The van der Waals surface area contributed by atoms with Crippen LogP contribution in [0.3, 0.4) is 0 Å². The first-order valence-corrected chi connectivity index (χ1v) is 7.45. The number of hydrogen-bond donors (Lipinski definition) is 0. The van der Waals surface area contributed by atoms with Gasteiger partial charge < -0.3 is 9.47 Å². The van der Waals surface area contributed by atoms with Crippen molar-refractivity contribution in [2.45, 2.75) is 26.2 Å². The molecular weight excluding hydrogens is 370 g/mol. The Balaban J connectivity index is 2.96. The highest BCUT2D eigenvalue weighted by Crippen LogP contribution is 2.29. The average molecular weight is 386 g/mol. The lowest BCUT2D eigenvalue weighted by Crippen LogP contribution is -2.33. The van der Waals surface area contributed by atoms with E-state index in [1.165, 1.54) is 19.1 Å². The summed E-state index contributed by atoms with van der Waals surface area (Å²) in [5.41, 5.74) is 0.0901. The molecule has 0 aliphatic heterocycles. The van der Waals surface area contributed by atoms with Crippen LogP contribution in [-0.2, 0) is 9.53 Å². The Kier molecular flexibility index (Phi) is 7.47. The van der Waals surface area contributed by atoms with Crippen LogP contribution in [0.4, 0.5) is 23.2 Å². The van der Waals surface area contributed by atoms with E-state index in [4.69, 9.17) is 16.5 Å². The molecule has 5 nitrogen and oxygen atoms in total. The average Bonchev–Trinajstić information content (AvgIpc) is 2.52. The number of esters is 1. The largest absolute Gasteiger partial charge is 0.487 e. The maximum absolute atomic E-state index is 12.9. The fourth-order valence-corrected chi connectivity index (χ4v) is 1.99. The van der Waals surface area contributed by atoms with Crippen molar-refractivity contribution in [1.29, 1.82) is 0 Å². The maximum atomic E-state index is 12.9. The van der Waals surface area contributed by atoms with Crippen molar-refractivity contribution in [3.63, 3.8) is 0 Å². The number of benzene rings is 1. The van der Waals surface area contributed by atoms with E-state index in [2.05, 4.69) is 4.74 Å². The van der Waals surface area contributed by atoms with E-state index in [1.54, 1.807) is 6.92 Å². The smallest absolute Gasteiger partial charge is 0.340 e. The second-order valence-electron chi connectivity index (χ2n) is 4.91. The summed E-state index contributed by atoms with van der Waals surface area (Å²) in [5.74, 6) is -5.66. The normalized spacial score (nSPS) is 11.4. The fraction of sp³-hybridized carbons (Fsp3) is 0.467. The molecule has 0 heterocycles. The van der Waals surface area contributed by atoms with Gasteiger partial charge in [-0.3, -0.25) is 14.0 Å². The fourth-order valence-electron chi connectivity index (χ4n) is 1.75. The van der Waals surface area contributed by atoms with E-state index < -0.39 is 30.7 Å². The molecule has 0 bridgehead atoms. The Hall–Kier alpha value is -2.03. The molecule has 0 radical (unpaired) electrons. The molecule has 0 aromatic heterocycles. The van der Waals surface area contributed by atoms with Crippen molar-refractivity contribution < 1.29 is 36.6 Å². The molecule has 25 heavy (non-hydrogen) atoms. The van der Waals surface area contributed by atoms with Crippen molar-refractivity contribution >= 4 is 29.2 Å². The number of anilines is 1. The van der Waals surface area contributed by atoms with Crippen LogP contribution in [0, 0.1) is 0 Å². The number of carbonyl (C=O) groups is 2. The molecule has 0 aliphatic carbocycles. The first-order valence-electron chi connectivity index (χ1n) is 7.11. The quantitative estimate of drug-likeness (QED) is 0.281. The molecule has 0 N–H and O–H groups in total. The van der Waals surface area contributed by atoms with Gasteiger partial charge in [0.05, 0.1) is 12.3 Å². The molecule has 0 spiro atoms. The Morgan fingerprint density at radius 2 is 1.96 bits per heavy atom. The third-order valence-corrected chi connectivity index (χ3v) is 3.23. The number of Topliss-reactive ketones (excluding diaryl/α,β-unsaturated/α-hetero) is 1. The lowest BCUT2D eigenvalue weighted by Gasteiger charge is -2.20.